The minimum absolute atomic E-state index is 0.112. The highest BCUT2D eigenvalue weighted by Crippen LogP contribution is 2.33. The number of nitriles is 1. The molecule has 8 nitrogen and oxygen atoms in total. The Hall–Kier alpha value is -4.37. The SMILES string of the molecule is COc1ccccc1NC(=S)Nc1cccc(SCC(=O)Nc2sc(C(=O)Nc3ccccc3)c(C)c2C#N)c1. The highest BCUT2D eigenvalue weighted by molar-refractivity contribution is 8.00. The Kier molecular flexibility index (Phi) is 9.75. The van der Waals surface area contributed by atoms with Crippen LogP contribution in [0.15, 0.2) is 83.8 Å². The summed E-state index contributed by atoms with van der Waals surface area (Å²) in [5, 5.41) is 22.3. The van der Waals surface area contributed by atoms with Gasteiger partial charge in [-0.25, -0.2) is 0 Å². The van der Waals surface area contributed by atoms with Crippen LogP contribution in [0.2, 0.25) is 0 Å². The lowest BCUT2D eigenvalue weighted by Crippen LogP contribution is -2.19. The molecule has 0 saturated heterocycles. The summed E-state index contributed by atoms with van der Waals surface area (Å²) in [6.07, 6.45) is 0. The molecule has 0 unspecified atom stereocenters. The van der Waals surface area contributed by atoms with E-state index in [0.29, 0.717) is 32.0 Å². The van der Waals surface area contributed by atoms with E-state index in [4.69, 9.17) is 17.0 Å². The molecule has 0 fully saturated rings. The van der Waals surface area contributed by atoms with Crippen LogP contribution in [0.5, 0.6) is 5.75 Å². The maximum atomic E-state index is 12.8. The summed E-state index contributed by atoms with van der Waals surface area (Å²) in [6, 6.07) is 26.1. The first kappa shape index (κ1) is 28.6. The average molecular weight is 588 g/mol. The van der Waals surface area contributed by atoms with Gasteiger partial charge in [-0.1, -0.05) is 36.4 Å². The second-order valence-corrected chi connectivity index (χ2v) is 10.8. The third-order valence-electron chi connectivity index (χ3n) is 5.57. The summed E-state index contributed by atoms with van der Waals surface area (Å²) in [5.41, 5.74) is 2.96. The van der Waals surface area contributed by atoms with Crippen LogP contribution in [0.3, 0.4) is 0 Å². The van der Waals surface area contributed by atoms with Crippen molar-refractivity contribution in [3.8, 4) is 11.8 Å². The number of methoxy groups -OCH3 is 1. The summed E-state index contributed by atoms with van der Waals surface area (Å²) >= 11 is 7.86. The molecule has 3 aromatic carbocycles. The Morgan fingerprint density at radius 3 is 2.42 bits per heavy atom. The minimum atomic E-state index is -0.331. The predicted octanol–water partition coefficient (Wildman–Crippen LogP) is 6.73. The van der Waals surface area contributed by atoms with E-state index in [1.54, 1.807) is 26.2 Å². The van der Waals surface area contributed by atoms with Crippen molar-refractivity contribution >= 4 is 74.3 Å². The number of benzene rings is 3. The van der Waals surface area contributed by atoms with Crippen molar-refractivity contribution < 1.29 is 14.3 Å². The van der Waals surface area contributed by atoms with Crippen LogP contribution in [-0.4, -0.2) is 29.8 Å². The van der Waals surface area contributed by atoms with Gasteiger partial charge in [-0.3, -0.25) is 9.59 Å². The number of hydrogen-bond donors (Lipinski definition) is 4. The summed E-state index contributed by atoms with van der Waals surface area (Å²) in [4.78, 5) is 26.8. The molecule has 202 valence electrons. The van der Waals surface area contributed by atoms with Crippen LogP contribution in [0.1, 0.15) is 20.8 Å². The second-order valence-electron chi connectivity index (χ2n) is 8.34. The lowest BCUT2D eigenvalue weighted by molar-refractivity contribution is -0.113. The van der Waals surface area contributed by atoms with Crippen molar-refractivity contribution in [1.82, 2.24) is 0 Å². The van der Waals surface area contributed by atoms with Gasteiger partial charge in [-0.15, -0.1) is 23.1 Å². The number of nitrogens with zero attached hydrogens (tertiary/aromatic N) is 1. The number of thiophene rings is 1. The second kappa shape index (κ2) is 13.6. The first-order valence-electron chi connectivity index (χ1n) is 12.0. The molecular formula is C29H25N5O3S3. The van der Waals surface area contributed by atoms with Gasteiger partial charge in [0.25, 0.3) is 5.91 Å². The molecule has 0 atom stereocenters. The first-order chi connectivity index (χ1) is 19.4. The van der Waals surface area contributed by atoms with Crippen molar-refractivity contribution in [3.05, 3.63) is 94.9 Å². The predicted molar refractivity (Wildman–Crippen MR) is 167 cm³/mol. The van der Waals surface area contributed by atoms with E-state index in [1.165, 1.54) is 11.8 Å². The van der Waals surface area contributed by atoms with Crippen molar-refractivity contribution in [3.63, 3.8) is 0 Å². The van der Waals surface area contributed by atoms with Gasteiger partial charge in [0, 0.05) is 16.3 Å². The van der Waals surface area contributed by atoms with Gasteiger partial charge >= 0.3 is 0 Å². The van der Waals surface area contributed by atoms with Gasteiger partial charge < -0.3 is 26.0 Å². The van der Waals surface area contributed by atoms with Crippen molar-refractivity contribution in [2.24, 2.45) is 0 Å². The Morgan fingerprint density at radius 2 is 1.68 bits per heavy atom. The van der Waals surface area contributed by atoms with E-state index in [-0.39, 0.29) is 23.1 Å². The molecule has 0 radical (unpaired) electrons. The zero-order valence-corrected chi connectivity index (χ0v) is 24.1. The van der Waals surface area contributed by atoms with E-state index in [0.717, 1.165) is 27.6 Å². The number of thiocarbonyl (C=S) groups is 1. The number of ether oxygens (including phenoxy) is 1. The van der Waals surface area contributed by atoms with Crippen molar-refractivity contribution in [2.75, 3.05) is 34.1 Å². The molecule has 0 aliphatic carbocycles. The highest BCUT2D eigenvalue weighted by atomic mass is 32.2. The number of anilines is 4. The number of rotatable bonds is 9. The molecule has 4 N–H and O–H groups in total. The molecular weight excluding hydrogens is 563 g/mol. The fourth-order valence-electron chi connectivity index (χ4n) is 3.67. The Morgan fingerprint density at radius 1 is 0.950 bits per heavy atom. The first-order valence-corrected chi connectivity index (χ1v) is 14.2. The van der Waals surface area contributed by atoms with Crippen LogP contribution < -0.4 is 26.0 Å². The van der Waals surface area contributed by atoms with Crippen LogP contribution in [0, 0.1) is 18.3 Å². The fourth-order valence-corrected chi connectivity index (χ4v) is 5.72. The smallest absolute Gasteiger partial charge is 0.266 e. The maximum Gasteiger partial charge on any atom is 0.266 e. The van der Waals surface area contributed by atoms with Crippen molar-refractivity contribution in [2.45, 2.75) is 11.8 Å². The van der Waals surface area contributed by atoms with E-state index < -0.39 is 0 Å². The fraction of sp³-hybridized carbons (Fsp3) is 0.103. The number of carbonyl (C=O) groups is 2. The van der Waals surface area contributed by atoms with E-state index in [9.17, 15) is 14.9 Å². The summed E-state index contributed by atoms with van der Waals surface area (Å²) in [5.74, 6) is 0.166. The molecule has 0 saturated carbocycles. The third-order valence-corrected chi connectivity index (χ3v) is 7.97. The minimum Gasteiger partial charge on any atom is -0.495 e. The molecule has 1 heterocycles. The molecule has 1 aromatic heterocycles. The van der Waals surface area contributed by atoms with Crippen LogP contribution in [0.4, 0.5) is 22.1 Å². The molecule has 4 aromatic rings. The monoisotopic (exact) mass is 587 g/mol. The quantitative estimate of drug-likeness (QED) is 0.126. The average Bonchev–Trinajstić information content (AvgIpc) is 3.27. The molecule has 0 bridgehead atoms. The number of amides is 2. The molecule has 0 spiro atoms. The van der Waals surface area contributed by atoms with E-state index in [1.807, 2.05) is 66.7 Å². The number of thioether (sulfide) groups is 1. The lowest BCUT2D eigenvalue weighted by atomic mass is 10.1. The van der Waals surface area contributed by atoms with Gasteiger partial charge in [0.05, 0.1) is 29.0 Å². The Balaban J connectivity index is 1.35. The van der Waals surface area contributed by atoms with Gasteiger partial charge in [0.1, 0.15) is 16.8 Å². The summed E-state index contributed by atoms with van der Waals surface area (Å²) in [7, 11) is 1.59. The molecule has 40 heavy (non-hydrogen) atoms. The zero-order chi connectivity index (χ0) is 28.5. The van der Waals surface area contributed by atoms with Crippen LogP contribution in [0.25, 0.3) is 0 Å². The number of para-hydroxylation sites is 3. The van der Waals surface area contributed by atoms with Gasteiger partial charge in [0.2, 0.25) is 5.91 Å². The van der Waals surface area contributed by atoms with Gasteiger partial charge in [0.15, 0.2) is 5.11 Å². The number of hydrogen-bond acceptors (Lipinski definition) is 7. The number of nitrogens with one attached hydrogen (secondary N) is 4. The Labute approximate surface area is 245 Å². The van der Waals surface area contributed by atoms with Crippen molar-refractivity contribution in [1.29, 1.82) is 5.26 Å². The van der Waals surface area contributed by atoms with E-state index >= 15 is 0 Å². The van der Waals surface area contributed by atoms with Gasteiger partial charge in [-0.2, -0.15) is 5.26 Å². The molecule has 4 rings (SSSR count). The highest BCUT2D eigenvalue weighted by Gasteiger charge is 2.21. The number of carbonyl (C=O) groups excluding carboxylic acids is 2. The normalized spacial score (nSPS) is 10.2. The van der Waals surface area contributed by atoms with Crippen LogP contribution >= 0.6 is 35.3 Å². The van der Waals surface area contributed by atoms with Gasteiger partial charge in [-0.05, 0) is 67.2 Å². The topological polar surface area (TPSA) is 115 Å². The molecule has 2 amide bonds. The maximum absolute atomic E-state index is 12.8. The largest absolute Gasteiger partial charge is 0.495 e. The van der Waals surface area contributed by atoms with Crippen LogP contribution in [-0.2, 0) is 4.79 Å². The molecule has 0 aliphatic heterocycles. The Bertz CT molecular complexity index is 1580. The zero-order valence-electron chi connectivity index (χ0n) is 21.6. The lowest BCUT2D eigenvalue weighted by Gasteiger charge is -2.13. The third kappa shape index (κ3) is 7.39. The molecule has 0 aliphatic rings. The standard InChI is InChI=1S/C29H25N5O3S3/c1-18-22(16-30)28(40-26(18)27(36)31-19-9-4-3-5-10-19)34-25(35)17-39-21-12-8-11-20(15-21)32-29(38)33-23-13-6-7-14-24(23)37-2/h3-15H,17H2,1-2H3,(H,31,36)(H,34,35)(H2,32,33,38). The summed E-state index contributed by atoms with van der Waals surface area (Å²) < 4.78 is 5.34. The van der Waals surface area contributed by atoms with E-state index in [2.05, 4.69) is 27.3 Å². The molecule has 11 heteroatoms. The summed E-state index contributed by atoms with van der Waals surface area (Å²) in [6.45, 7) is 1.70.